The van der Waals surface area contributed by atoms with E-state index in [1.165, 1.54) is 0 Å². The van der Waals surface area contributed by atoms with Crippen molar-refractivity contribution in [3.05, 3.63) is 0 Å². The summed E-state index contributed by atoms with van der Waals surface area (Å²) in [5.74, 6) is 0.676. The highest BCUT2D eigenvalue weighted by atomic mass is 16.5. The molecular weight excluding hydrogens is 252 g/mol. The van der Waals surface area contributed by atoms with Crippen molar-refractivity contribution < 1.29 is 14.2 Å². The monoisotopic (exact) mass is 298 g/mol. The van der Waals surface area contributed by atoms with Crippen LogP contribution in [0, 0.1) is 5.92 Å². The first kappa shape index (κ1) is 36.8. The molecule has 0 saturated carbocycles. The van der Waals surface area contributed by atoms with Crippen molar-refractivity contribution in [2.45, 2.75) is 75.8 Å². The van der Waals surface area contributed by atoms with Crippen molar-refractivity contribution in [1.82, 2.24) is 0 Å². The average Bonchev–Trinajstić information content (AvgIpc) is 2.30. The standard InChI is InChI=1S/2C5H12O.C4H10O.3CH4/c1-5(2)4-6-3;1-4-5(2)6-3;1-3-4-5-2;;;/h2*5H,4H2,1-3H3;3-4H2,1-2H3;3*1H4. The SMILES string of the molecule is C.C.C.CCC(C)OC.CCCOC.COCC(C)C. The lowest BCUT2D eigenvalue weighted by molar-refractivity contribution is 0.115. The number of hydrogen-bond donors (Lipinski definition) is 0. The summed E-state index contributed by atoms with van der Waals surface area (Å²) in [5, 5.41) is 0. The van der Waals surface area contributed by atoms with Gasteiger partial charge in [-0.15, -0.1) is 0 Å². The summed E-state index contributed by atoms with van der Waals surface area (Å²) in [7, 11) is 5.16. The van der Waals surface area contributed by atoms with Crippen LogP contribution in [0.2, 0.25) is 0 Å². The van der Waals surface area contributed by atoms with Crippen LogP contribution in [0.4, 0.5) is 0 Å². The molecular formula is C17H46O3. The molecule has 0 aliphatic rings. The molecule has 0 aromatic carbocycles. The lowest BCUT2D eigenvalue weighted by Crippen LogP contribution is -2.00. The van der Waals surface area contributed by atoms with Crippen LogP contribution in [0.25, 0.3) is 0 Å². The lowest BCUT2D eigenvalue weighted by Gasteiger charge is -2.01. The second-order valence-electron chi connectivity index (χ2n) is 4.30. The quantitative estimate of drug-likeness (QED) is 0.632. The Balaban J connectivity index is -0.0000000343. The van der Waals surface area contributed by atoms with Crippen molar-refractivity contribution >= 4 is 0 Å². The third-order valence-corrected chi connectivity index (χ3v) is 1.89. The van der Waals surface area contributed by atoms with E-state index in [-0.39, 0.29) is 22.3 Å². The van der Waals surface area contributed by atoms with Gasteiger partial charge in [-0.05, 0) is 25.7 Å². The minimum Gasteiger partial charge on any atom is -0.385 e. The Morgan fingerprint density at radius 2 is 1.25 bits per heavy atom. The van der Waals surface area contributed by atoms with Gasteiger partial charge >= 0.3 is 0 Å². The highest BCUT2D eigenvalue weighted by Crippen LogP contribution is 1.90. The Bertz CT molecular complexity index is 100. The van der Waals surface area contributed by atoms with E-state index < -0.39 is 0 Å². The second kappa shape index (κ2) is 36.4. The van der Waals surface area contributed by atoms with E-state index in [1.807, 2.05) is 0 Å². The zero-order valence-electron chi connectivity index (χ0n) is 13.2. The van der Waals surface area contributed by atoms with Gasteiger partial charge in [-0.1, -0.05) is 50.0 Å². The molecule has 0 fully saturated rings. The summed E-state index contributed by atoms with van der Waals surface area (Å²) in [6.45, 7) is 12.3. The van der Waals surface area contributed by atoms with Crippen LogP contribution in [-0.2, 0) is 14.2 Å². The number of hydrogen-bond acceptors (Lipinski definition) is 3. The van der Waals surface area contributed by atoms with Crippen LogP contribution < -0.4 is 0 Å². The fourth-order valence-electron chi connectivity index (χ4n) is 0.704. The molecule has 132 valence electrons. The summed E-state index contributed by atoms with van der Waals surface area (Å²) in [6, 6.07) is 0. The van der Waals surface area contributed by atoms with E-state index >= 15 is 0 Å². The van der Waals surface area contributed by atoms with Crippen LogP contribution in [0.3, 0.4) is 0 Å². The molecule has 0 heterocycles. The molecule has 3 heteroatoms. The van der Waals surface area contributed by atoms with Crippen molar-refractivity contribution in [3.8, 4) is 0 Å². The van der Waals surface area contributed by atoms with Crippen LogP contribution in [0.1, 0.15) is 69.7 Å². The molecule has 0 radical (unpaired) electrons. The van der Waals surface area contributed by atoms with Crippen molar-refractivity contribution in [1.29, 1.82) is 0 Å². The Labute approximate surface area is 131 Å². The summed E-state index contributed by atoms with van der Waals surface area (Å²) in [5.41, 5.74) is 0. The van der Waals surface area contributed by atoms with Gasteiger partial charge in [0, 0.05) is 34.5 Å². The van der Waals surface area contributed by atoms with Gasteiger partial charge in [0.25, 0.3) is 0 Å². The predicted molar refractivity (Wildman–Crippen MR) is 95.8 cm³/mol. The van der Waals surface area contributed by atoms with Crippen LogP contribution in [0.15, 0.2) is 0 Å². The Kier molecular flexibility index (Phi) is 66.9. The van der Waals surface area contributed by atoms with E-state index in [0.717, 1.165) is 26.1 Å². The van der Waals surface area contributed by atoms with Crippen LogP contribution in [0.5, 0.6) is 0 Å². The molecule has 0 aromatic heterocycles. The number of methoxy groups -OCH3 is 3. The first-order chi connectivity index (χ1) is 7.99. The maximum atomic E-state index is 4.90. The van der Waals surface area contributed by atoms with Gasteiger partial charge in [0.05, 0.1) is 6.10 Å². The Hall–Kier alpha value is -0.120. The molecule has 0 saturated heterocycles. The van der Waals surface area contributed by atoms with Gasteiger partial charge in [0.15, 0.2) is 0 Å². The maximum Gasteiger partial charge on any atom is 0.0540 e. The first-order valence-electron chi connectivity index (χ1n) is 6.50. The van der Waals surface area contributed by atoms with Gasteiger partial charge in [-0.25, -0.2) is 0 Å². The van der Waals surface area contributed by atoms with Gasteiger partial charge in [-0.2, -0.15) is 0 Å². The maximum absolute atomic E-state index is 4.90. The van der Waals surface area contributed by atoms with E-state index in [4.69, 9.17) is 14.2 Å². The summed E-state index contributed by atoms with van der Waals surface area (Å²) in [4.78, 5) is 0. The minimum atomic E-state index is 0. The van der Waals surface area contributed by atoms with Crippen LogP contribution in [-0.4, -0.2) is 40.6 Å². The minimum absolute atomic E-state index is 0. The molecule has 1 unspecified atom stereocenters. The van der Waals surface area contributed by atoms with E-state index in [9.17, 15) is 0 Å². The van der Waals surface area contributed by atoms with E-state index in [2.05, 4.69) is 34.6 Å². The lowest BCUT2D eigenvalue weighted by atomic mass is 10.2. The summed E-state index contributed by atoms with van der Waals surface area (Å²) < 4.78 is 14.4. The summed E-state index contributed by atoms with van der Waals surface area (Å²) in [6.07, 6.45) is 2.66. The zero-order valence-corrected chi connectivity index (χ0v) is 13.2. The number of ether oxygens (including phenoxy) is 3. The highest BCUT2D eigenvalue weighted by Gasteiger charge is 1.88. The van der Waals surface area contributed by atoms with Crippen molar-refractivity contribution in [3.63, 3.8) is 0 Å². The highest BCUT2D eigenvalue weighted by molar-refractivity contribution is 4.38. The molecule has 0 spiro atoms. The molecule has 1 atom stereocenters. The van der Waals surface area contributed by atoms with Crippen molar-refractivity contribution in [2.24, 2.45) is 5.92 Å². The molecule has 0 aliphatic heterocycles. The molecule has 0 aliphatic carbocycles. The number of rotatable bonds is 6. The first-order valence-corrected chi connectivity index (χ1v) is 6.50. The average molecular weight is 299 g/mol. The molecule has 3 nitrogen and oxygen atoms in total. The molecule has 0 bridgehead atoms. The molecule has 0 rings (SSSR count). The van der Waals surface area contributed by atoms with E-state index in [1.54, 1.807) is 21.3 Å². The fraction of sp³-hybridized carbons (Fsp3) is 1.00. The van der Waals surface area contributed by atoms with Crippen LogP contribution >= 0.6 is 0 Å². The predicted octanol–water partition coefficient (Wildman–Crippen LogP) is 5.67. The smallest absolute Gasteiger partial charge is 0.0540 e. The van der Waals surface area contributed by atoms with Gasteiger partial charge in [0.2, 0.25) is 0 Å². The largest absolute Gasteiger partial charge is 0.385 e. The molecule has 0 aromatic rings. The van der Waals surface area contributed by atoms with Crippen molar-refractivity contribution in [2.75, 3.05) is 34.5 Å². The second-order valence-corrected chi connectivity index (χ2v) is 4.30. The Morgan fingerprint density at radius 3 is 1.25 bits per heavy atom. The van der Waals surface area contributed by atoms with E-state index in [0.29, 0.717) is 12.0 Å². The topological polar surface area (TPSA) is 27.7 Å². The van der Waals surface area contributed by atoms with Gasteiger partial charge < -0.3 is 14.2 Å². The molecule has 0 N–H and O–H groups in total. The normalized spacial score (nSPS) is 9.45. The van der Waals surface area contributed by atoms with Gasteiger partial charge in [0.1, 0.15) is 0 Å². The molecule has 0 amide bonds. The summed E-state index contributed by atoms with van der Waals surface area (Å²) >= 11 is 0. The van der Waals surface area contributed by atoms with Gasteiger partial charge in [-0.3, -0.25) is 0 Å². The fourth-order valence-corrected chi connectivity index (χ4v) is 0.704. The third-order valence-electron chi connectivity index (χ3n) is 1.89. The third kappa shape index (κ3) is 64.6. The molecule has 20 heavy (non-hydrogen) atoms. The Morgan fingerprint density at radius 1 is 0.800 bits per heavy atom. The zero-order chi connectivity index (χ0) is 14.1.